The molecule has 3 fully saturated rings. The molecule has 4 rings (SSSR count). The smallest absolute Gasteiger partial charge is 0.0704 e. The quantitative estimate of drug-likeness (QED) is 0.103. The first-order valence-corrected chi connectivity index (χ1v) is 18.4. The van der Waals surface area contributed by atoms with Gasteiger partial charge in [0.1, 0.15) is 0 Å². The van der Waals surface area contributed by atoms with E-state index in [1.54, 1.807) is 5.57 Å². The SMILES string of the molecule is CCCOCCOCCOCCOCCO[C@H]1CC[C@@]2(C)C(=CC[C@@H]3[C@@H]2CC[C@]2(C)C([C@H](C)CCCC(C)C)CC[C@@H]32)C1. The van der Waals surface area contributed by atoms with E-state index in [9.17, 15) is 0 Å². The van der Waals surface area contributed by atoms with E-state index in [0.717, 1.165) is 55.0 Å². The van der Waals surface area contributed by atoms with Crippen molar-refractivity contribution in [2.45, 2.75) is 125 Å². The number of allylic oxidation sites excluding steroid dienone is 1. The van der Waals surface area contributed by atoms with Gasteiger partial charge in [-0.2, -0.15) is 0 Å². The minimum absolute atomic E-state index is 0.352. The van der Waals surface area contributed by atoms with Crippen molar-refractivity contribution in [2.75, 3.05) is 59.5 Å². The second-order valence-corrected chi connectivity index (χ2v) is 15.5. The third-order valence-electron chi connectivity index (χ3n) is 12.3. The summed E-state index contributed by atoms with van der Waals surface area (Å²) >= 11 is 0. The highest BCUT2D eigenvalue weighted by atomic mass is 16.6. The fourth-order valence-corrected chi connectivity index (χ4v) is 9.97. The Morgan fingerprint density at radius 1 is 0.744 bits per heavy atom. The van der Waals surface area contributed by atoms with Gasteiger partial charge >= 0.3 is 0 Å². The molecular formula is C38H68O5. The van der Waals surface area contributed by atoms with Gasteiger partial charge in [0.2, 0.25) is 0 Å². The average molecular weight is 605 g/mol. The highest BCUT2D eigenvalue weighted by Crippen LogP contribution is 2.67. The Morgan fingerprint density at radius 2 is 1.40 bits per heavy atom. The molecule has 0 amide bonds. The first-order valence-electron chi connectivity index (χ1n) is 18.4. The van der Waals surface area contributed by atoms with E-state index in [4.69, 9.17) is 23.7 Å². The van der Waals surface area contributed by atoms with Gasteiger partial charge in [-0.25, -0.2) is 0 Å². The molecule has 0 N–H and O–H groups in total. The lowest BCUT2D eigenvalue weighted by molar-refractivity contribution is -0.0692. The summed E-state index contributed by atoms with van der Waals surface area (Å²) in [5, 5.41) is 0. The van der Waals surface area contributed by atoms with Gasteiger partial charge in [0, 0.05) is 6.61 Å². The summed E-state index contributed by atoms with van der Waals surface area (Å²) in [6.07, 6.45) is 19.2. The molecule has 43 heavy (non-hydrogen) atoms. The van der Waals surface area contributed by atoms with Crippen LogP contribution in [0.2, 0.25) is 0 Å². The zero-order chi connectivity index (χ0) is 30.7. The van der Waals surface area contributed by atoms with E-state index < -0.39 is 0 Å². The molecule has 5 nitrogen and oxygen atoms in total. The van der Waals surface area contributed by atoms with Crippen LogP contribution >= 0.6 is 0 Å². The van der Waals surface area contributed by atoms with Crippen molar-refractivity contribution in [3.63, 3.8) is 0 Å². The summed E-state index contributed by atoms with van der Waals surface area (Å²) in [5.41, 5.74) is 2.69. The van der Waals surface area contributed by atoms with E-state index >= 15 is 0 Å². The Hall–Kier alpha value is -0.460. The largest absolute Gasteiger partial charge is 0.379 e. The van der Waals surface area contributed by atoms with Gasteiger partial charge in [0.15, 0.2) is 0 Å². The van der Waals surface area contributed by atoms with Gasteiger partial charge in [0.05, 0.1) is 59.0 Å². The van der Waals surface area contributed by atoms with E-state index in [2.05, 4.69) is 47.6 Å². The van der Waals surface area contributed by atoms with Crippen molar-refractivity contribution < 1.29 is 23.7 Å². The number of hydrogen-bond donors (Lipinski definition) is 0. The van der Waals surface area contributed by atoms with Crippen LogP contribution < -0.4 is 0 Å². The maximum Gasteiger partial charge on any atom is 0.0704 e. The molecule has 0 heterocycles. The van der Waals surface area contributed by atoms with Crippen LogP contribution in [0.3, 0.4) is 0 Å². The van der Waals surface area contributed by atoms with Crippen molar-refractivity contribution in [2.24, 2.45) is 46.3 Å². The van der Waals surface area contributed by atoms with Crippen LogP contribution in [0.1, 0.15) is 119 Å². The Morgan fingerprint density at radius 3 is 2.05 bits per heavy atom. The molecule has 0 aromatic rings. The van der Waals surface area contributed by atoms with Gasteiger partial charge in [-0.3, -0.25) is 0 Å². The Labute approximate surface area is 265 Å². The molecule has 0 radical (unpaired) electrons. The Bertz CT molecular complexity index is 827. The molecule has 4 aliphatic rings. The van der Waals surface area contributed by atoms with Gasteiger partial charge < -0.3 is 23.7 Å². The lowest BCUT2D eigenvalue weighted by Gasteiger charge is -2.58. The van der Waals surface area contributed by atoms with E-state index in [-0.39, 0.29) is 0 Å². The Balaban J connectivity index is 1.13. The van der Waals surface area contributed by atoms with Crippen molar-refractivity contribution in [3.05, 3.63) is 11.6 Å². The van der Waals surface area contributed by atoms with Crippen molar-refractivity contribution in [1.29, 1.82) is 0 Å². The van der Waals surface area contributed by atoms with Gasteiger partial charge in [-0.15, -0.1) is 0 Å². The lowest BCUT2D eigenvalue weighted by atomic mass is 9.47. The number of hydrogen-bond acceptors (Lipinski definition) is 5. The minimum Gasteiger partial charge on any atom is -0.379 e. The average Bonchev–Trinajstić information content (AvgIpc) is 3.34. The van der Waals surface area contributed by atoms with Gasteiger partial charge in [0.25, 0.3) is 0 Å². The summed E-state index contributed by atoms with van der Waals surface area (Å²) in [6, 6.07) is 0. The summed E-state index contributed by atoms with van der Waals surface area (Å²) in [7, 11) is 0. The van der Waals surface area contributed by atoms with Crippen LogP contribution in [-0.4, -0.2) is 65.6 Å². The van der Waals surface area contributed by atoms with Crippen LogP contribution in [0.5, 0.6) is 0 Å². The molecular weight excluding hydrogens is 536 g/mol. The van der Waals surface area contributed by atoms with Crippen molar-refractivity contribution >= 4 is 0 Å². The fourth-order valence-electron chi connectivity index (χ4n) is 9.97. The predicted octanol–water partition coefficient (Wildman–Crippen LogP) is 8.89. The highest BCUT2D eigenvalue weighted by Gasteiger charge is 2.59. The van der Waals surface area contributed by atoms with Crippen molar-refractivity contribution in [3.8, 4) is 0 Å². The van der Waals surface area contributed by atoms with E-state index in [0.29, 0.717) is 69.8 Å². The summed E-state index contributed by atoms with van der Waals surface area (Å²) < 4.78 is 28.6. The first kappa shape index (κ1) is 35.4. The van der Waals surface area contributed by atoms with Crippen molar-refractivity contribution in [1.82, 2.24) is 0 Å². The third kappa shape index (κ3) is 9.31. The molecule has 0 aromatic carbocycles. The van der Waals surface area contributed by atoms with Crippen LogP contribution in [-0.2, 0) is 23.7 Å². The van der Waals surface area contributed by atoms with Gasteiger partial charge in [-0.1, -0.05) is 72.5 Å². The molecule has 1 unspecified atom stereocenters. The highest BCUT2D eigenvalue weighted by molar-refractivity contribution is 5.25. The molecule has 0 aromatic heterocycles. The molecule has 0 bridgehead atoms. The molecule has 4 aliphatic carbocycles. The lowest BCUT2D eigenvalue weighted by Crippen LogP contribution is -2.51. The van der Waals surface area contributed by atoms with Crippen LogP contribution in [0.4, 0.5) is 0 Å². The molecule has 3 saturated carbocycles. The zero-order valence-electron chi connectivity index (χ0n) is 29.0. The topological polar surface area (TPSA) is 46.2 Å². The number of ether oxygens (including phenoxy) is 5. The fraction of sp³-hybridized carbons (Fsp3) is 0.947. The van der Waals surface area contributed by atoms with Crippen LogP contribution in [0.25, 0.3) is 0 Å². The second kappa shape index (κ2) is 17.5. The Kier molecular flexibility index (Phi) is 14.4. The summed E-state index contributed by atoms with van der Waals surface area (Å²) in [6.45, 7) is 20.6. The summed E-state index contributed by atoms with van der Waals surface area (Å²) in [4.78, 5) is 0. The normalized spacial score (nSPS) is 34.5. The molecule has 250 valence electrons. The number of fused-ring (bicyclic) bond motifs is 5. The standard InChI is InChI=1S/C38H68O5/c1-7-19-39-20-21-40-22-23-41-24-25-42-26-27-43-32-15-17-37(5)31(28-32)11-12-33-35-14-13-34(30(4)10-8-9-29(2)3)38(35,6)18-16-36(33)37/h11,29-30,32-36H,7-10,12-28H2,1-6H3/t30-,32+,33+,34?,35+,36+,37+,38-/m1/s1. The van der Waals surface area contributed by atoms with E-state index in [1.165, 1.54) is 64.2 Å². The third-order valence-corrected chi connectivity index (χ3v) is 12.3. The minimum atomic E-state index is 0.352. The van der Waals surface area contributed by atoms with Gasteiger partial charge in [-0.05, 0) is 104 Å². The zero-order valence-corrected chi connectivity index (χ0v) is 29.0. The molecule has 8 atom stereocenters. The van der Waals surface area contributed by atoms with Crippen LogP contribution in [0, 0.1) is 46.3 Å². The maximum atomic E-state index is 6.35. The molecule has 0 saturated heterocycles. The predicted molar refractivity (Wildman–Crippen MR) is 176 cm³/mol. The second-order valence-electron chi connectivity index (χ2n) is 15.5. The van der Waals surface area contributed by atoms with E-state index in [1.807, 2.05) is 0 Å². The maximum absolute atomic E-state index is 6.35. The monoisotopic (exact) mass is 605 g/mol. The number of rotatable bonds is 20. The first-order chi connectivity index (χ1) is 20.8. The molecule has 0 aliphatic heterocycles. The van der Waals surface area contributed by atoms with Crippen LogP contribution in [0.15, 0.2) is 11.6 Å². The molecule has 0 spiro atoms. The molecule has 5 heteroatoms. The summed E-state index contributed by atoms with van der Waals surface area (Å²) in [5.74, 6) is 5.39.